The van der Waals surface area contributed by atoms with Crippen molar-refractivity contribution in [3.05, 3.63) is 16.6 Å². The van der Waals surface area contributed by atoms with Crippen molar-refractivity contribution in [3.63, 3.8) is 0 Å². The van der Waals surface area contributed by atoms with Gasteiger partial charge in [0.05, 0.1) is 6.20 Å². The second-order valence-electron chi connectivity index (χ2n) is 1.97. The highest BCUT2D eigenvalue weighted by molar-refractivity contribution is 5.72. The van der Waals surface area contributed by atoms with Gasteiger partial charge in [0.15, 0.2) is 5.65 Å². The lowest BCUT2D eigenvalue weighted by atomic mass is 10.5. The van der Waals surface area contributed by atoms with Crippen LogP contribution in [0.4, 0.5) is 6.01 Å². The minimum Gasteiger partial charge on any atom is -0.389 e. The fourth-order valence-corrected chi connectivity index (χ4v) is 0.797. The molecule has 0 bridgehead atoms. The molecule has 2 aromatic heterocycles. The largest absolute Gasteiger partial charge is 0.389 e. The summed E-state index contributed by atoms with van der Waals surface area (Å²) < 4.78 is 4.50. The summed E-state index contributed by atoms with van der Waals surface area (Å²) in [6.45, 7) is 0. The molecule has 11 heavy (non-hydrogen) atoms. The molecular formula is C5H4N4O2. The van der Waals surface area contributed by atoms with Gasteiger partial charge in [-0.25, -0.2) is 4.79 Å². The molecule has 0 radical (unpaired) electrons. The first kappa shape index (κ1) is 5.90. The number of nitrogens with two attached hydrogens (primary N) is 1. The van der Waals surface area contributed by atoms with Crippen LogP contribution in [0.5, 0.6) is 0 Å². The summed E-state index contributed by atoms with van der Waals surface area (Å²) in [6.07, 6.45) is 1.34. The average Bonchev–Trinajstić information content (AvgIpc) is 2.34. The van der Waals surface area contributed by atoms with Crippen molar-refractivity contribution < 1.29 is 4.42 Å². The third-order valence-electron chi connectivity index (χ3n) is 1.26. The van der Waals surface area contributed by atoms with E-state index >= 15 is 0 Å². The molecule has 0 fully saturated rings. The van der Waals surface area contributed by atoms with E-state index in [0.29, 0.717) is 11.0 Å². The van der Waals surface area contributed by atoms with Gasteiger partial charge in [0.1, 0.15) is 5.39 Å². The van der Waals surface area contributed by atoms with Crippen molar-refractivity contribution in [2.24, 2.45) is 0 Å². The van der Waals surface area contributed by atoms with Crippen LogP contribution < -0.4 is 11.4 Å². The zero-order valence-corrected chi connectivity index (χ0v) is 5.37. The number of nitrogen functional groups attached to an aromatic ring is 1. The third-order valence-corrected chi connectivity index (χ3v) is 1.26. The molecule has 0 aromatic carbocycles. The normalized spacial score (nSPS) is 10.5. The number of hydrogen-bond acceptors (Lipinski definition) is 5. The van der Waals surface area contributed by atoms with E-state index in [9.17, 15) is 4.79 Å². The maximum Gasteiger partial charge on any atom is 0.351 e. The number of fused-ring (bicyclic) bond motifs is 1. The lowest BCUT2D eigenvalue weighted by molar-refractivity contribution is 0.524. The number of aromatic nitrogens is 3. The number of nitrogens with zero attached hydrogens (tertiary/aromatic N) is 2. The number of rotatable bonds is 0. The SMILES string of the molecule is Nc1nc2[nH]ncc2c(=O)o1. The van der Waals surface area contributed by atoms with Gasteiger partial charge in [-0.05, 0) is 0 Å². The van der Waals surface area contributed by atoms with Crippen LogP contribution in [0, 0.1) is 0 Å². The summed E-state index contributed by atoms with van der Waals surface area (Å²) in [7, 11) is 0. The number of H-pyrrole nitrogens is 1. The minimum atomic E-state index is -0.527. The zero-order chi connectivity index (χ0) is 7.84. The van der Waals surface area contributed by atoms with Crippen molar-refractivity contribution in [1.29, 1.82) is 0 Å². The molecule has 6 heteroatoms. The molecule has 0 unspecified atom stereocenters. The Balaban J connectivity index is 3.02. The van der Waals surface area contributed by atoms with Crippen LogP contribution in [0.25, 0.3) is 11.0 Å². The van der Waals surface area contributed by atoms with Crippen LogP contribution >= 0.6 is 0 Å². The predicted octanol–water partition coefficient (Wildman–Crippen LogP) is -0.507. The molecule has 0 atom stereocenters. The Labute approximate surface area is 60.0 Å². The molecule has 3 N–H and O–H groups in total. The van der Waals surface area contributed by atoms with Crippen LogP contribution in [0.15, 0.2) is 15.4 Å². The summed E-state index contributed by atoms with van der Waals surface area (Å²) in [5.74, 6) is 0. The molecule has 0 aliphatic carbocycles. The second-order valence-corrected chi connectivity index (χ2v) is 1.97. The summed E-state index contributed by atoms with van der Waals surface area (Å²) >= 11 is 0. The van der Waals surface area contributed by atoms with Gasteiger partial charge < -0.3 is 10.2 Å². The van der Waals surface area contributed by atoms with Gasteiger partial charge in [-0.2, -0.15) is 10.1 Å². The molecule has 0 amide bonds. The van der Waals surface area contributed by atoms with Crippen LogP contribution in [-0.4, -0.2) is 15.2 Å². The van der Waals surface area contributed by atoms with Gasteiger partial charge in [0.25, 0.3) is 6.01 Å². The maximum absolute atomic E-state index is 10.9. The molecule has 0 saturated carbocycles. The first-order valence-corrected chi connectivity index (χ1v) is 2.87. The van der Waals surface area contributed by atoms with Gasteiger partial charge in [0.2, 0.25) is 0 Å². The fraction of sp³-hybridized carbons (Fsp3) is 0. The fourth-order valence-electron chi connectivity index (χ4n) is 0.797. The van der Waals surface area contributed by atoms with E-state index in [1.54, 1.807) is 0 Å². The topological polar surface area (TPSA) is 97.8 Å². The Morgan fingerprint density at radius 3 is 3.27 bits per heavy atom. The quantitative estimate of drug-likeness (QED) is 0.530. The highest BCUT2D eigenvalue weighted by Crippen LogP contribution is 2.02. The molecule has 56 valence electrons. The molecule has 0 saturated heterocycles. The molecule has 0 spiro atoms. The Bertz CT molecular complexity index is 443. The Morgan fingerprint density at radius 2 is 2.45 bits per heavy atom. The molecule has 2 heterocycles. The molecule has 2 rings (SSSR count). The van der Waals surface area contributed by atoms with E-state index in [1.807, 2.05) is 0 Å². The monoisotopic (exact) mass is 152 g/mol. The van der Waals surface area contributed by atoms with Gasteiger partial charge in [-0.15, -0.1) is 0 Å². The predicted molar refractivity (Wildman–Crippen MR) is 36.8 cm³/mol. The summed E-state index contributed by atoms with van der Waals surface area (Å²) in [6, 6.07) is -0.160. The molecule has 6 nitrogen and oxygen atoms in total. The first-order chi connectivity index (χ1) is 5.27. The Morgan fingerprint density at radius 1 is 1.64 bits per heavy atom. The highest BCUT2D eigenvalue weighted by atomic mass is 16.4. The van der Waals surface area contributed by atoms with Gasteiger partial charge in [-0.3, -0.25) is 5.10 Å². The van der Waals surface area contributed by atoms with E-state index in [4.69, 9.17) is 5.73 Å². The molecule has 2 aromatic rings. The molecule has 0 aliphatic heterocycles. The van der Waals surface area contributed by atoms with E-state index in [1.165, 1.54) is 6.20 Å². The van der Waals surface area contributed by atoms with Crippen LogP contribution in [0.2, 0.25) is 0 Å². The maximum atomic E-state index is 10.9. The standard InChI is InChI=1S/C5H4N4O2/c6-5-8-3-2(1-7-9-3)4(10)11-5/h1H,(H3,6,7,8,9). The van der Waals surface area contributed by atoms with Gasteiger partial charge >= 0.3 is 5.63 Å². The zero-order valence-electron chi connectivity index (χ0n) is 5.37. The average molecular weight is 152 g/mol. The van der Waals surface area contributed by atoms with Crippen molar-refractivity contribution in [3.8, 4) is 0 Å². The summed E-state index contributed by atoms with van der Waals surface area (Å²) in [4.78, 5) is 14.6. The highest BCUT2D eigenvalue weighted by Gasteiger charge is 2.03. The number of anilines is 1. The van der Waals surface area contributed by atoms with Gasteiger partial charge in [-0.1, -0.05) is 0 Å². The molecule has 0 aliphatic rings. The second kappa shape index (κ2) is 1.82. The van der Waals surface area contributed by atoms with E-state index in [-0.39, 0.29) is 6.01 Å². The van der Waals surface area contributed by atoms with Gasteiger partial charge in [0, 0.05) is 0 Å². The first-order valence-electron chi connectivity index (χ1n) is 2.87. The number of aromatic amines is 1. The Hall–Kier alpha value is -1.85. The lowest BCUT2D eigenvalue weighted by Crippen LogP contribution is -2.03. The van der Waals surface area contributed by atoms with Crippen LogP contribution in [-0.2, 0) is 0 Å². The van der Waals surface area contributed by atoms with E-state index in [2.05, 4.69) is 19.6 Å². The molecular weight excluding hydrogens is 148 g/mol. The summed E-state index contributed by atoms with van der Waals surface area (Å²) in [5, 5.41) is 6.41. The Kier molecular flexibility index (Phi) is 0.974. The van der Waals surface area contributed by atoms with Crippen molar-refractivity contribution in [2.75, 3.05) is 5.73 Å². The number of nitrogens with one attached hydrogen (secondary N) is 1. The third kappa shape index (κ3) is 0.759. The van der Waals surface area contributed by atoms with Crippen LogP contribution in [0.1, 0.15) is 0 Å². The van der Waals surface area contributed by atoms with Crippen molar-refractivity contribution in [2.45, 2.75) is 0 Å². The van der Waals surface area contributed by atoms with Crippen molar-refractivity contribution >= 4 is 17.0 Å². The van der Waals surface area contributed by atoms with E-state index in [0.717, 1.165) is 0 Å². The van der Waals surface area contributed by atoms with Crippen molar-refractivity contribution in [1.82, 2.24) is 15.2 Å². The number of hydrogen-bond donors (Lipinski definition) is 2. The van der Waals surface area contributed by atoms with Crippen LogP contribution in [0.3, 0.4) is 0 Å². The minimum absolute atomic E-state index is 0.160. The van der Waals surface area contributed by atoms with E-state index < -0.39 is 5.63 Å². The smallest absolute Gasteiger partial charge is 0.351 e. The summed E-state index contributed by atoms with van der Waals surface area (Å²) in [5.41, 5.74) is 4.98. The lowest BCUT2D eigenvalue weighted by Gasteiger charge is -1.87.